The number of carbonyl (C=O) groups excluding carboxylic acids is 2. The number of piperidine rings is 1. The average molecular weight is 384 g/mol. The smallest absolute Gasteiger partial charge is 0.339 e. The maximum atomic E-state index is 14.6. The van der Waals surface area contributed by atoms with E-state index in [4.69, 9.17) is 5.73 Å². The van der Waals surface area contributed by atoms with Gasteiger partial charge >= 0.3 is 5.92 Å². The summed E-state index contributed by atoms with van der Waals surface area (Å²) in [5, 5.41) is 2.19. The van der Waals surface area contributed by atoms with Gasteiger partial charge in [-0.2, -0.15) is 8.78 Å². The molecule has 1 aromatic rings. The van der Waals surface area contributed by atoms with Crippen molar-refractivity contribution in [2.75, 3.05) is 13.1 Å². The Hall–Kier alpha value is -2.29. The number of rotatable bonds is 5. The fraction of sp³-hybridized carbons (Fsp3) is 0.611. The highest BCUT2D eigenvalue weighted by Gasteiger charge is 2.44. The number of nitrogens with zero attached hydrogens (tertiary/aromatic N) is 2. The second-order valence-electron chi connectivity index (χ2n) is 7.32. The van der Waals surface area contributed by atoms with Gasteiger partial charge in [0.25, 0.3) is 5.91 Å². The summed E-state index contributed by atoms with van der Waals surface area (Å²) in [6.07, 6.45) is 2.45. The van der Waals surface area contributed by atoms with E-state index in [0.29, 0.717) is 13.1 Å². The van der Waals surface area contributed by atoms with Crippen molar-refractivity contribution in [3.8, 4) is 0 Å². The molecule has 0 radical (unpaired) electrons. The Balaban J connectivity index is 2.19. The van der Waals surface area contributed by atoms with Crippen molar-refractivity contribution in [1.82, 2.24) is 14.8 Å². The summed E-state index contributed by atoms with van der Waals surface area (Å²) in [7, 11) is 1.32. The van der Waals surface area contributed by atoms with Gasteiger partial charge in [0.05, 0.1) is 0 Å². The van der Waals surface area contributed by atoms with Crippen LogP contribution in [0.3, 0.4) is 0 Å². The number of hydrogen-bond donors (Lipinski definition) is 2. The maximum absolute atomic E-state index is 14.6. The fourth-order valence-corrected chi connectivity index (χ4v) is 3.06. The van der Waals surface area contributed by atoms with Crippen molar-refractivity contribution >= 4 is 11.8 Å². The molecule has 2 amide bonds. The number of aryl methyl sites for hydroxylation is 1. The molecule has 1 aliphatic heterocycles. The van der Waals surface area contributed by atoms with E-state index in [1.54, 1.807) is 13.8 Å². The minimum absolute atomic E-state index is 0.154. The van der Waals surface area contributed by atoms with Gasteiger partial charge in [-0.1, -0.05) is 13.8 Å². The van der Waals surface area contributed by atoms with E-state index in [2.05, 4.69) is 5.32 Å². The molecule has 2 atom stereocenters. The normalized spacial score (nSPS) is 19.1. The first-order chi connectivity index (χ1) is 12.5. The largest absolute Gasteiger partial charge is 0.351 e. The maximum Gasteiger partial charge on any atom is 0.351 e. The fourth-order valence-electron chi connectivity index (χ4n) is 3.06. The monoisotopic (exact) mass is 384 g/mol. The summed E-state index contributed by atoms with van der Waals surface area (Å²) in [4.78, 5) is 37.9. The quantitative estimate of drug-likeness (QED) is 0.776. The van der Waals surface area contributed by atoms with E-state index in [9.17, 15) is 23.2 Å². The molecule has 1 aromatic heterocycles. The molecule has 1 saturated heterocycles. The van der Waals surface area contributed by atoms with Crippen LogP contribution in [0.15, 0.2) is 23.1 Å². The van der Waals surface area contributed by atoms with Crippen molar-refractivity contribution in [2.45, 2.75) is 44.7 Å². The highest BCUT2D eigenvalue weighted by Crippen LogP contribution is 2.28. The molecule has 0 saturated carbocycles. The molecule has 2 heterocycles. The van der Waals surface area contributed by atoms with Gasteiger partial charge in [0, 0.05) is 44.0 Å². The molecule has 1 aliphatic rings. The van der Waals surface area contributed by atoms with Gasteiger partial charge in [0.15, 0.2) is 0 Å². The molecule has 0 aliphatic carbocycles. The second-order valence-corrected chi connectivity index (χ2v) is 7.32. The van der Waals surface area contributed by atoms with Crippen LogP contribution >= 0.6 is 0 Å². The van der Waals surface area contributed by atoms with Crippen molar-refractivity contribution in [3.05, 3.63) is 34.2 Å². The number of alkyl halides is 2. The first-order valence-corrected chi connectivity index (χ1v) is 8.94. The zero-order valence-electron chi connectivity index (χ0n) is 15.7. The third-order valence-electron chi connectivity index (χ3n) is 4.72. The van der Waals surface area contributed by atoms with Gasteiger partial charge < -0.3 is 20.5 Å². The minimum atomic E-state index is -3.88. The van der Waals surface area contributed by atoms with Crippen LogP contribution < -0.4 is 16.6 Å². The van der Waals surface area contributed by atoms with E-state index in [1.165, 1.54) is 11.9 Å². The second kappa shape index (κ2) is 8.16. The van der Waals surface area contributed by atoms with Crippen LogP contribution in [0.5, 0.6) is 0 Å². The number of likely N-dealkylation sites (tertiary alicyclic amines) is 1. The summed E-state index contributed by atoms with van der Waals surface area (Å²) in [5.74, 6) is -6.24. The van der Waals surface area contributed by atoms with E-state index >= 15 is 0 Å². The SMILES string of the molecule is CC(C)[C@H](NC(=O)C(F)(F)c1ccc(=O)n(C)c1)C(=O)N1CCCC(N)C1. The number of halogens is 2. The third-order valence-corrected chi connectivity index (χ3v) is 4.72. The number of nitrogens with two attached hydrogens (primary N) is 1. The Kier molecular flexibility index (Phi) is 6.35. The summed E-state index contributed by atoms with van der Waals surface area (Å²) in [5.41, 5.74) is 4.80. The van der Waals surface area contributed by atoms with Crippen LogP contribution in [0.2, 0.25) is 0 Å². The third kappa shape index (κ3) is 4.71. The van der Waals surface area contributed by atoms with Crippen molar-refractivity contribution < 1.29 is 18.4 Å². The predicted molar refractivity (Wildman–Crippen MR) is 96.1 cm³/mol. The lowest BCUT2D eigenvalue weighted by Crippen LogP contribution is -2.57. The lowest BCUT2D eigenvalue weighted by atomic mass is 9.99. The lowest BCUT2D eigenvalue weighted by Gasteiger charge is -2.35. The highest BCUT2D eigenvalue weighted by molar-refractivity contribution is 5.91. The van der Waals surface area contributed by atoms with Crippen LogP contribution in [0.1, 0.15) is 32.3 Å². The number of aromatic nitrogens is 1. The van der Waals surface area contributed by atoms with Gasteiger partial charge in [0.1, 0.15) is 6.04 Å². The van der Waals surface area contributed by atoms with E-state index in [1.807, 2.05) is 0 Å². The van der Waals surface area contributed by atoms with Gasteiger partial charge in [-0.05, 0) is 24.8 Å². The molecule has 3 N–H and O–H groups in total. The number of pyridine rings is 1. The van der Waals surface area contributed by atoms with E-state index < -0.39 is 34.9 Å². The van der Waals surface area contributed by atoms with Crippen molar-refractivity contribution in [2.24, 2.45) is 18.7 Å². The number of carbonyl (C=O) groups is 2. The molecule has 2 rings (SSSR count). The van der Waals surface area contributed by atoms with E-state index in [-0.39, 0.29) is 12.0 Å². The number of nitrogens with one attached hydrogen (secondary N) is 1. The Morgan fingerprint density at radius 2 is 2.00 bits per heavy atom. The Morgan fingerprint density at radius 3 is 2.56 bits per heavy atom. The van der Waals surface area contributed by atoms with Gasteiger partial charge in [0.2, 0.25) is 11.5 Å². The zero-order valence-corrected chi connectivity index (χ0v) is 15.7. The van der Waals surface area contributed by atoms with Crippen LogP contribution in [-0.4, -0.2) is 46.5 Å². The van der Waals surface area contributed by atoms with E-state index in [0.717, 1.165) is 35.7 Å². The molecule has 1 unspecified atom stereocenters. The van der Waals surface area contributed by atoms with Crippen LogP contribution in [0.4, 0.5) is 8.78 Å². The lowest BCUT2D eigenvalue weighted by molar-refractivity contribution is -0.151. The Bertz CT molecular complexity index is 763. The molecule has 0 bridgehead atoms. The van der Waals surface area contributed by atoms with Gasteiger partial charge in [-0.3, -0.25) is 14.4 Å². The predicted octanol–water partition coefficient (Wildman–Crippen LogP) is 0.568. The molecule has 9 heteroatoms. The Morgan fingerprint density at radius 1 is 1.33 bits per heavy atom. The minimum Gasteiger partial charge on any atom is -0.339 e. The summed E-state index contributed by atoms with van der Waals surface area (Å²) in [6.45, 7) is 4.19. The van der Waals surface area contributed by atoms with Crippen LogP contribution in [0, 0.1) is 5.92 Å². The summed E-state index contributed by atoms with van der Waals surface area (Å²) < 4.78 is 30.1. The molecule has 0 aromatic carbocycles. The average Bonchev–Trinajstić information content (AvgIpc) is 2.60. The van der Waals surface area contributed by atoms with Crippen LogP contribution in [-0.2, 0) is 22.6 Å². The molecule has 1 fully saturated rings. The number of amides is 2. The van der Waals surface area contributed by atoms with Crippen LogP contribution in [0.25, 0.3) is 0 Å². The molecule has 150 valence electrons. The van der Waals surface area contributed by atoms with Crippen molar-refractivity contribution in [3.63, 3.8) is 0 Å². The standard InChI is InChI=1S/C18H26F2N4O3/c1-11(2)15(16(26)24-8-4-5-13(21)10-24)22-17(27)18(19,20)12-6-7-14(25)23(3)9-12/h6-7,9,11,13,15H,4-5,8,10,21H2,1-3H3,(H,22,27)/t13?,15-/m0/s1. The number of hydrogen-bond acceptors (Lipinski definition) is 4. The van der Waals surface area contributed by atoms with Gasteiger partial charge in [-0.15, -0.1) is 0 Å². The molecular formula is C18H26F2N4O3. The first-order valence-electron chi connectivity index (χ1n) is 8.94. The molecule has 0 spiro atoms. The van der Waals surface area contributed by atoms with Gasteiger partial charge in [-0.25, -0.2) is 0 Å². The first kappa shape index (κ1) is 21.0. The Labute approximate surface area is 156 Å². The molecular weight excluding hydrogens is 358 g/mol. The van der Waals surface area contributed by atoms with Crippen molar-refractivity contribution in [1.29, 1.82) is 0 Å². The topological polar surface area (TPSA) is 97.4 Å². The summed E-state index contributed by atoms with van der Waals surface area (Å²) in [6, 6.07) is 0.647. The molecule has 7 nitrogen and oxygen atoms in total. The molecule has 27 heavy (non-hydrogen) atoms. The summed E-state index contributed by atoms with van der Waals surface area (Å²) >= 11 is 0. The zero-order chi connectivity index (χ0) is 20.4. The highest BCUT2D eigenvalue weighted by atomic mass is 19.3.